The van der Waals surface area contributed by atoms with Gasteiger partial charge in [0, 0.05) is 5.56 Å². The molecule has 0 atom stereocenters. The average molecular weight is 597 g/mol. The van der Waals surface area contributed by atoms with Crippen molar-refractivity contribution < 1.29 is 33.0 Å². The second-order valence-corrected chi connectivity index (χ2v) is 9.47. The van der Waals surface area contributed by atoms with Crippen LogP contribution in [0.5, 0.6) is 17.2 Å². The highest BCUT2D eigenvalue weighted by atomic mass is 79.9. The molecule has 3 aromatic rings. The van der Waals surface area contributed by atoms with E-state index >= 15 is 0 Å². The molecule has 10 heteroatoms. The van der Waals surface area contributed by atoms with Crippen LogP contribution < -0.4 is 19.5 Å². The molecule has 8 nitrogen and oxygen atoms in total. The predicted octanol–water partition coefficient (Wildman–Crippen LogP) is 5.63. The van der Waals surface area contributed by atoms with E-state index < -0.39 is 17.8 Å². The van der Waals surface area contributed by atoms with Crippen LogP contribution in [0.25, 0.3) is 6.08 Å². The van der Waals surface area contributed by atoms with Crippen molar-refractivity contribution in [1.29, 1.82) is 0 Å². The second kappa shape index (κ2) is 12.6. The van der Waals surface area contributed by atoms with Gasteiger partial charge in [-0.3, -0.25) is 19.8 Å². The fourth-order valence-corrected chi connectivity index (χ4v) is 4.33. The minimum atomic E-state index is -0.814. The standard InChI is InChI=1S/C29H26BrFN2O6/c1-3-12-38-25-11-9-19(15-26(25)37-2)16-33-28(35)21(27(34)32-29(33)36)13-18-8-10-24(22(30)14-18)39-17-20-6-4-5-7-23(20)31/h4-11,13-15H,3,12,16-17H2,1-2H3,(H,32,34,36)/b21-13+. The summed E-state index contributed by atoms with van der Waals surface area (Å²) in [5.41, 5.74) is 1.35. The smallest absolute Gasteiger partial charge is 0.331 e. The number of nitrogens with zero attached hydrogens (tertiary/aromatic N) is 1. The highest BCUT2D eigenvalue weighted by Gasteiger charge is 2.35. The van der Waals surface area contributed by atoms with Gasteiger partial charge in [0.2, 0.25) is 0 Å². The molecule has 0 bridgehead atoms. The maximum atomic E-state index is 13.9. The molecule has 1 N–H and O–H groups in total. The summed E-state index contributed by atoms with van der Waals surface area (Å²) in [6.07, 6.45) is 2.22. The Bertz CT molecular complexity index is 1440. The molecule has 0 spiro atoms. The largest absolute Gasteiger partial charge is 0.493 e. The minimum absolute atomic E-state index is 0.0279. The van der Waals surface area contributed by atoms with E-state index in [0.717, 1.165) is 11.3 Å². The van der Waals surface area contributed by atoms with Crippen molar-refractivity contribution >= 4 is 39.9 Å². The maximum absolute atomic E-state index is 13.9. The first-order valence-electron chi connectivity index (χ1n) is 12.1. The van der Waals surface area contributed by atoms with Crippen molar-refractivity contribution in [2.75, 3.05) is 13.7 Å². The first-order chi connectivity index (χ1) is 18.8. The number of barbiturate groups is 1. The molecule has 1 aliphatic rings. The summed E-state index contributed by atoms with van der Waals surface area (Å²) < 4.78 is 31.2. The van der Waals surface area contributed by atoms with Gasteiger partial charge in [-0.15, -0.1) is 0 Å². The lowest BCUT2D eigenvalue weighted by Crippen LogP contribution is -2.53. The van der Waals surface area contributed by atoms with Crippen molar-refractivity contribution in [2.24, 2.45) is 0 Å². The van der Waals surface area contributed by atoms with E-state index in [1.165, 1.54) is 19.3 Å². The van der Waals surface area contributed by atoms with Crippen molar-refractivity contribution in [3.63, 3.8) is 0 Å². The molecular formula is C29H26BrFN2O6. The van der Waals surface area contributed by atoms with Gasteiger partial charge in [0.1, 0.15) is 23.7 Å². The van der Waals surface area contributed by atoms with E-state index in [1.807, 2.05) is 6.92 Å². The van der Waals surface area contributed by atoms with Gasteiger partial charge in [-0.1, -0.05) is 37.3 Å². The molecule has 0 aromatic heterocycles. The van der Waals surface area contributed by atoms with E-state index in [9.17, 15) is 18.8 Å². The van der Waals surface area contributed by atoms with Gasteiger partial charge >= 0.3 is 6.03 Å². The van der Waals surface area contributed by atoms with Crippen LogP contribution in [0, 0.1) is 5.82 Å². The zero-order valence-corrected chi connectivity index (χ0v) is 22.9. The summed E-state index contributed by atoms with van der Waals surface area (Å²) in [4.78, 5) is 39.2. The molecule has 1 aliphatic heterocycles. The third-order valence-electron chi connectivity index (χ3n) is 5.82. The number of amides is 4. The van der Waals surface area contributed by atoms with Crippen molar-refractivity contribution in [2.45, 2.75) is 26.5 Å². The fraction of sp³-hybridized carbons (Fsp3) is 0.207. The zero-order valence-electron chi connectivity index (χ0n) is 21.3. The van der Waals surface area contributed by atoms with Crippen LogP contribution in [-0.2, 0) is 22.7 Å². The number of carbonyl (C=O) groups excluding carboxylic acids is 3. The monoisotopic (exact) mass is 596 g/mol. The van der Waals surface area contributed by atoms with Gasteiger partial charge in [-0.2, -0.15) is 0 Å². The SMILES string of the molecule is CCCOc1ccc(CN2C(=O)NC(=O)/C(=C\c3ccc(OCc4ccccc4F)c(Br)c3)C2=O)cc1OC. The quantitative estimate of drug-likeness (QED) is 0.241. The Hall–Kier alpha value is -4.18. The molecule has 1 fully saturated rings. The number of hydrogen-bond donors (Lipinski definition) is 1. The van der Waals surface area contributed by atoms with Crippen molar-refractivity contribution in [3.05, 3.63) is 93.2 Å². The van der Waals surface area contributed by atoms with Crippen LogP contribution in [-0.4, -0.2) is 36.5 Å². The molecule has 0 aliphatic carbocycles. The maximum Gasteiger partial charge on any atom is 0.331 e. The second-order valence-electron chi connectivity index (χ2n) is 8.61. The number of halogens is 2. The summed E-state index contributed by atoms with van der Waals surface area (Å²) >= 11 is 3.41. The number of hydrogen-bond acceptors (Lipinski definition) is 6. The topological polar surface area (TPSA) is 94.2 Å². The minimum Gasteiger partial charge on any atom is -0.493 e. The molecule has 4 amide bonds. The van der Waals surface area contributed by atoms with E-state index in [-0.39, 0.29) is 24.5 Å². The number of ether oxygens (including phenoxy) is 3. The third kappa shape index (κ3) is 6.64. The number of urea groups is 1. The molecule has 202 valence electrons. The Balaban J connectivity index is 1.51. The summed E-state index contributed by atoms with van der Waals surface area (Å²) in [7, 11) is 1.50. The molecule has 4 rings (SSSR count). The van der Waals surface area contributed by atoms with Gasteiger partial charge in [-0.25, -0.2) is 9.18 Å². The van der Waals surface area contributed by atoms with Gasteiger partial charge < -0.3 is 14.2 Å². The Morgan fingerprint density at radius 1 is 0.974 bits per heavy atom. The van der Waals surface area contributed by atoms with Crippen LogP contribution >= 0.6 is 15.9 Å². The predicted molar refractivity (Wildman–Crippen MR) is 146 cm³/mol. The number of rotatable bonds is 10. The van der Waals surface area contributed by atoms with Crippen LogP contribution in [0.2, 0.25) is 0 Å². The number of carbonyl (C=O) groups is 3. The molecule has 0 unspecified atom stereocenters. The van der Waals surface area contributed by atoms with E-state index in [4.69, 9.17) is 14.2 Å². The lowest BCUT2D eigenvalue weighted by Gasteiger charge is -2.26. The van der Waals surface area contributed by atoms with E-state index in [1.54, 1.807) is 54.6 Å². The summed E-state index contributed by atoms with van der Waals surface area (Å²) in [5, 5.41) is 2.22. The lowest BCUT2D eigenvalue weighted by molar-refractivity contribution is -0.130. The Labute approximate surface area is 233 Å². The molecule has 1 saturated heterocycles. The Kier molecular flexibility index (Phi) is 8.98. The summed E-state index contributed by atoms with van der Waals surface area (Å²) in [6.45, 7) is 2.46. The summed E-state index contributed by atoms with van der Waals surface area (Å²) in [6, 6.07) is 15.6. The van der Waals surface area contributed by atoms with Gasteiger partial charge in [-0.05, 0) is 69.9 Å². The molecule has 0 saturated carbocycles. The van der Waals surface area contributed by atoms with Gasteiger partial charge in [0.15, 0.2) is 11.5 Å². The molecule has 0 radical (unpaired) electrons. The van der Waals surface area contributed by atoms with E-state index in [2.05, 4.69) is 21.2 Å². The Morgan fingerprint density at radius 3 is 2.46 bits per heavy atom. The number of methoxy groups -OCH3 is 1. The highest BCUT2D eigenvalue weighted by Crippen LogP contribution is 2.30. The van der Waals surface area contributed by atoms with Crippen molar-refractivity contribution in [1.82, 2.24) is 10.2 Å². The normalized spacial score (nSPS) is 14.4. The molecule has 39 heavy (non-hydrogen) atoms. The average Bonchev–Trinajstić information content (AvgIpc) is 2.92. The number of imide groups is 2. The molecular weight excluding hydrogens is 571 g/mol. The summed E-state index contributed by atoms with van der Waals surface area (Å²) in [5.74, 6) is -0.407. The van der Waals surface area contributed by atoms with Crippen LogP contribution in [0.1, 0.15) is 30.0 Å². The van der Waals surface area contributed by atoms with Crippen LogP contribution in [0.4, 0.5) is 9.18 Å². The zero-order chi connectivity index (χ0) is 27.9. The van der Waals surface area contributed by atoms with Gasteiger partial charge in [0.05, 0.1) is 24.7 Å². The first-order valence-corrected chi connectivity index (χ1v) is 12.9. The van der Waals surface area contributed by atoms with Crippen LogP contribution in [0.3, 0.4) is 0 Å². The van der Waals surface area contributed by atoms with Gasteiger partial charge in [0.25, 0.3) is 11.8 Å². The molecule has 3 aromatic carbocycles. The lowest BCUT2D eigenvalue weighted by atomic mass is 10.1. The fourth-order valence-electron chi connectivity index (χ4n) is 3.82. The number of benzene rings is 3. The van der Waals surface area contributed by atoms with E-state index in [0.29, 0.717) is 45.0 Å². The third-order valence-corrected chi connectivity index (χ3v) is 6.44. The van der Waals surface area contributed by atoms with Crippen LogP contribution in [0.15, 0.2) is 70.7 Å². The molecule has 1 heterocycles. The Morgan fingerprint density at radius 2 is 1.74 bits per heavy atom. The van der Waals surface area contributed by atoms with Crippen molar-refractivity contribution in [3.8, 4) is 17.2 Å². The highest BCUT2D eigenvalue weighted by molar-refractivity contribution is 9.10. The first kappa shape index (κ1) is 27.8. The number of nitrogens with one attached hydrogen (secondary N) is 1.